The SMILES string of the molecule is CN1CCCC[C@H]1c1ccc(B2OC(C)(C)C(C)(C)O2)cc1. The van der Waals surface area contributed by atoms with Crippen molar-refractivity contribution in [1.29, 1.82) is 0 Å². The molecular formula is C18H28BNO2. The van der Waals surface area contributed by atoms with Gasteiger partial charge >= 0.3 is 7.12 Å². The predicted molar refractivity (Wildman–Crippen MR) is 91.4 cm³/mol. The summed E-state index contributed by atoms with van der Waals surface area (Å²) in [7, 11) is 1.97. The Balaban J connectivity index is 1.75. The van der Waals surface area contributed by atoms with Crippen LogP contribution in [0.1, 0.15) is 58.6 Å². The highest BCUT2D eigenvalue weighted by Gasteiger charge is 2.51. The van der Waals surface area contributed by atoms with Gasteiger partial charge in [-0.1, -0.05) is 30.7 Å². The molecule has 1 aromatic rings. The molecule has 0 aliphatic carbocycles. The quantitative estimate of drug-likeness (QED) is 0.783. The number of hydrogen-bond donors (Lipinski definition) is 0. The number of likely N-dealkylation sites (tertiary alicyclic amines) is 1. The molecule has 1 aromatic carbocycles. The molecule has 2 fully saturated rings. The van der Waals surface area contributed by atoms with Crippen LogP contribution in [0.2, 0.25) is 0 Å². The topological polar surface area (TPSA) is 21.7 Å². The van der Waals surface area contributed by atoms with Gasteiger partial charge in [-0.3, -0.25) is 4.90 Å². The van der Waals surface area contributed by atoms with Crippen molar-refractivity contribution < 1.29 is 9.31 Å². The van der Waals surface area contributed by atoms with E-state index in [4.69, 9.17) is 9.31 Å². The van der Waals surface area contributed by atoms with Gasteiger partial charge in [-0.05, 0) is 65.2 Å². The highest BCUT2D eigenvalue weighted by molar-refractivity contribution is 6.62. The van der Waals surface area contributed by atoms with E-state index in [1.165, 1.54) is 31.4 Å². The molecule has 2 heterocycles. The maximum absolute atomic E-state index is 6.12. The van der Waals surface area contributed by atoms with Crippen LogP contribution in [0.5, 0.6) is 0 Å². The van der Waals surface area contributed by atoms with Gasteiger partial charge in [0, 0.05) is 6.04 Å². The first-order valence-corrected chi connectivity index (χ1v) is 8.46. The zero-order chi connectivity index (χ0) is 16.0. The van der Waals surface area contributed by atoms with Gasteiger partial charge < -0.3 is 9.31 Å². The van der Waals surface area contributed by atoms with Crippen LogP contribution < -0.4 is 5.46 Å². The lowest BCUT2D eigenvalue weighted by molar-refractivity contribution is 0.00578. The maximum Gasteiger partial charge on any atom is 0.494 e. The summed E-state index contributed by atoms with van der Waals surface area (Å²) in [5.74, 6) is 0. The van der Waals surface area contributed by atoms with E-state index in [1.807, 2.05) is 0 Å². The summed E-state index contributed by atoms with van der Waals surface area (Å²) in [6, 6.07) is 9.38. The van der Waals surface area contributed by atoms with Crippen molar-refractivity contribution in [2.75, 3.05) is 13.6 Å². The minimum atomic E-state index is -0.278. The Morgan fingerprint density at radius 1 is 1.00 bits per heavy atom. The van der Waals surface area contributed by atoms with Crippen molar-refractivity contribution in [1.82, 2.24) is 4.90 Å². The van der Waals surface area contributed by atoms with Gasteiger partial charge in [-0.15, -0.1) is 0 Å². The third-order valence-electron chi connectivity index (χ3n) is 5.62. The Labute approximate surface area is 135 Å². The van der Waals surface area contributed by atoms with E-state index in [2.05, 4.69) is 63.9 Å². The summed E-state index contributed by atoms with van der Waals surface area (Å²) < 4.78 is 12.2. The van der Waals surface area contributed by atoms with Crippen molar-refractivity contribution in [3.8, 4) is 0 Å². The van der Waals surface area contributed by atoms with Crippen LogP contribution in [0.15, 0.2) is 24.3 Å². The Morgan fingerprint density at radius 2 is 1.59 bits per heavy atom. The zero-order valence-corrected chi connectivity index (χ0v) is 14.6. The average molecular weight is 301 g/mol. The van der Waals surface area contributed by atoms with E-state index in [0.717, 1.165) is 5.46 Å². The first-order chi connectivity index (χ1) is 10.3. The molecule has 0 spiro atoms. The number of nitrogens with zero attached hydrogens (tertiary/aromatic N) is 1. The maximum atomic E-state index is 6.12. The fraction of sp³-hybridized carbons (Fsp3) is 0.667. The summed E-state index contributed by atoms with van der Waals surface area (Å²) in [5.41, 5.74) is 1.96. The van der Waals surface area contributed by atoms with Gasteiger partial charge in [-0.2, -0.15) is 0 Å². The monoisotopic (exact) mass is 301 g/mol. The van der Waals surface area contributed by atoms with Crippen LogP contribution in [0.4, 0.5) is 0 Å². The molecule has 4 heteroatoms. The molecule has 0 unspecified atom stereocenters. The molecule has 0 bridgehead atoms. The molecule has 0 N–H and O–H groups in total. The fourth-order valence-corrected chi connectivity index (χ4v) is 3.35. The fourth-order valence-electron chi connectivity index (χ4n) is 3.35. The number of benzene rings is 1. The average Bonchev–Trinajstić information content (AvgIpc) is 2.68. The third-order valence-corrected chi connectivity index (χ3v) is 5.62. The van der Waals surface area contributed by atoms with Crippen molar-refractivity contribution in [2.24, 2.45) is 0 Å². The first kappa shape index (κ1) is 16.0. The number of piperidine rings is 1. The van der Waals surface area contributed by atoms with Crippen molar-refractivity contribution in [3.63, 3.8) is 0 Å². The molecule has 2 aliphatic heterocycles. The Kier molecular flexibility index (Phi) is 4.13. The standard InChI is InChI=1S/C18H28BNO2/c1-17(2)18(3,4)22-19(21-17)15-11-9-14(10-12-15)16-8-6-7-13-20(16)5/h9-12,16H,6-8,13H2,1-5H3/t16-/m0/s1. The van der Waals surface area contributed by atoms with Gasteiger partial charge in [0.2, 0.25) is 0 Å². The summed E-state index contributed by atoms with van der Waals surface area (Å²) in [5, 5.41) is 0. The highest BCUT2D eigenvalue weighted by atomic mass is 16.7. The second kappa shape index (κ2) is 5.66. The van der Waals surface area contributed by atoms with E-state index in [0.29, 0.717) is 6.04 Å². The van der Waals surface area contributed by atoms with Crippen molar-refractivity contribution in [3.05, 3.63) is 29.8 Å². The van der Waals surface area contributed by atoms with E-state index in [9.17, 15) is 0 Å². The predicted octanol–water partition coefficient (Wildman–Crippen LogP) is 3.14. The van der Waals surface area contributed by atoms with Crippen LogP contribution in [-0.2, 0) is 9.31 Å². The van der Waals surface area contributed by atoms with Crippen molar-refractivity contribution in [2.45, 2.75) is 64.2 Å². The van der Waals surface area contributed by atoms with E-state index in [-0.39, 0.29) is 18.3 Å². The lowest BCUT2D eigenvalue weighted by Gasteiger charge is -2.32. The lowest BCUT2D eigenvalue weighted by Crippen LogP contribution is -2.41. The van der Waals surface area contributed by atoms with Gasteiger partial charge in [0.1, 0.15) is 0 Å². The molecule has 3 rings (SSSR count). The first-order valence-electron chi connectivity index (χ1n) is 8.46. The van der Waals surface area contributed by atoms with Crippen molar-refractivity contribution >= 4 is 12.6 Å². The van der Waals surface area contributed by atoms with Crippen LogP contribution in [0, 0.1) is 0 Å². The van der Waals surface area contributed by atoms with E-state index in [1.54, 1.807) is 0 Å². The Bertz CT molecular complexity index is 510. The molecule has 2 saturated heterocycles. The number of rotatable bonds is 2. The zero-order valence-electron chi connectivity index (χ0n) is 14.6. The van der Waals surface area contributed by atoms with Gasteiger partial charge in [-0.25, -0.2) is 0 Å². The molecule has 0 aromatic heterocycles. The third kappa shape index (κ3) is 2.84. The minimum Gasteiger partial charge on any atom is -0.399 e. The van der Waals surface area contributed by atoms with Gasteiger partial charge in [0.05, 0.1) is 11.2 Å². The summed E-state index contributed by atoms with van der Waals surface area (Å²) in [6.07, 6.45) is 3.90. The smallest absolute Gasteiger partial charge is 0.399 e. The molecule has 0 saturated carbocycles. The molecule has 22 heavy (non-hydrogen) atoms. The lowest BCUT2D eigenvalue weighted by atomic mass is 9.78. The van der Waals surface area contributed by atoms with Crippen LogP contribution in [-0.4, -0.2) is 36.8 Å². The molecule has 120 valence electrons. The molecule has 1 atom stereocenters. The minimum absolute atomic E-state index is 0.261. The molecule has 0 radical (unpaired) electrons. The summed E-state index contributed by atoms with van der Waals surface area (Å²) >= 11 is 0. The van der Waals surface area contributed by atoms with Gasteiger partial charge in [0.25, 0.3) is 0 Å². The van der Waals surface area contributed by atoms with Gasteiger partial charge in [0.15, 0.2) is 0 Å². The number of hydrogen-bond acceptors (Lipinski definition) is 3. The molecule has 3 nitrogen and oxygen atoms in total. The highest BCUT2D eigenvalue weighted by Crippen LogP contribution is 2.36. The van der Waals surface area contributed by atoms with E-state index < -0.39 is 0 Å². The Hall–Kier alpha value is -0.835. The second-order valence-electron chi connectivity index (χ2n) is 7.75. The molecule has 0 amide bonds. The summed E-state index contributed by atoms with van der Waals surface area (Å²) in [4.78, 5) is 2.47. The normalized spacial score (nSPS) is 28.0. The summed E-state index contributed by atoms with van der Waals surface area (Å²) in [6.45, 7) is 9.58. The largest absolute Gasteiger partial charge is 0.494 e. The van der Waals surface area contributed by atoms with Crippen LogP contribution in [0.25, 0.3) is 0 Å². The van der Waals surface area contributed by atoms with Crippen LogP contribution >= 0.6 is 0 Å². The molecular weight excluding hydrogens is 273 g/mol. The second-order valence-corrected chi connectivity index (χ2v) is 7.75. The Morgan fingerprint density at radius 3 is 2.14 bits per heavy atom. The van der Waals surface area contributed by atoms with E-state index >= 15 is 0 Å². The molecule has 2 aliphatic rings. The van der Waals surface area contributed by atoms with Crippen LogP contribution in [0.3, 0.4) is 0 Å².